The van der Waals surface area contributed by atoms with Gasteiger partial charge in [0.25, 0.3) is 11.7 Å². The molecular weight excluding hydrogens is 663 g/mol. The van der Waals surface area contributed by atoms with Gasteiger partial charge in [-0.15, -0.1) is 0 Å². The number of ketones is 1. The molecule has 0 aromatic heterocycles. The van der Waals surface area contributed by atoms with Crippen molar-refractivity contribution in [2.45, 2.75) is 50.5 Å². The second-order valence-corrected chi connectivity index (χ2v) is 11.4. The van der Waals surface area contributed by atoms with E-state index in [0.717, 1.165) is 12.1 Å². The van der Waals surface area contributed by atoms with Crippen molar-refractivity contribution in [1.82, 2.24) is 16.0 Å². The van der Waals surface area contributed by atoms with E-state index in [-0.39, 0.29) is 21.7 Å². The van der Waals surface area contributed by atoms with Gasteiger partial charge in [0, 0.05) is 17.0 Å². The maximum absolute atomic E-state index is 15.3. The molecule has 3 amide bonds. The molecule has 3 N–H and O–H groups in total. The van der Waals surface area contributed by atoms with Gasteiger partial charge in [-0.1, -0.05) is 61.8 Å². The molecule has 3 aromatic rings. The van der Waals surface area contributed by atoms with E-state index in [2.05, 4.69) is 5.32 Å². The molecule has 15 heteroatoms. The summed E-state index contributed by atoms with van der Waals surface area (Å²) in [7, 11) is 1.35. The van der Waals surface area contributed by atoms with Gasteiger partial charge in [-0.2, -0.15) is 27.2 Å². The Kier molecular flexibility index (Phi) is 12.2. The molecule has 3 rings (SSSR count). The van der Waals surface area contributed by atoms with Crippen LogP contribution in [0, 0.1) is 17.2 Å². The van der Waals surface area contributed by atoms with Crippen LogP contribution in [0.1, 0.15) is 42.1 Å². The first-order valence-corrected chi connectivity index (χ1v) is 14.6. The number of alkyl halides is 5. The normalized spacial score (nSPS) is 13.4. The van der Waals surface area contributed by atoms with Gasteiger partial charge in [-0.25, -0.2) is 0 Å². The number of halogens is 6. The van der Waals surface area contributed by atoms with Crippen LogP contribution in [-0.2, 0) is 31.5 Å². The predicted octanol–water partition coefficient (Wildman–Crippen LogP) is 5.17. The molecule has 0 saturated heterocycles. The zero-order chi connectivity index (χ0) is 35.8. The fraction of sp³-hybridized carbons (Fsp3) is 0.303. The average Bonchev–Trinajstić information content (AvgIpc) is 3.04. The Bertz CT molecular complexity index is 1690. The Hall–Kier alpha value is -5.03. The number of nitrogens with one attached hydrogen (secondary N) is 3. The molecule has 0 saturated carbocycles. The number of benzene rings is 3. The molecule has 0 aliphatic rings. The van der Waals surface area contributed by atoms with Gasteiger partial charge in [0.15, 0.2) is 0 Å². The highest BCUT2D eigenvalue weighted by Crippen LogP contribution is 2.30. The maximum Gasteiger partial charge on any atom is 0.452 e. The maximum atomic E-state index is 15.3. The second-order valence-electron chi connectivity index (χ2n) is 10.9. The molecule has 3 unspecified atom stereocenters. The van der Waals surface area contributed by atoms with E-state index in [9.17, 15) is 37.6 Å². The van der Waals surface area contributed by atoms with E-state index in [1.807, 2.05) is 16.7 Å². The Morgan fingerprint density at radius 2 is 1.52 bits per heavy atom. The second kappa shape index (κ2) is 15.7. The Morgan fingerprint density at radius 1 is 0.875 bits per heavy atom. The highest BCUT2D eigenvalue weighted by molar-refractivity contribution is 6.30. The Balaban J connectivity index is 2.02. The summed E-state index contributed by atoms with van der Waals surface area (Å²) >= 11 is 5.83. The number of amides is 3. The minimum absolute atomic E-state index is 0.0180. The number of carbonyl (C=O) groups is 4. The molecule has 3 aromatic carbocycles. The van der Waals surface area contributed by atoms with E-state index in [0.29, 0.717) is 5.75 Å². The summed E-state index contributed by atoms with van der Waals surface area (Å²) in [5.41, 5.74) is -0.333. The molecule has 254 valence electrons. The summed E-state index contributed by atoms with van der Waals surface area (Å²) in [6.07, 6.45) is -5.74. The van der Waals surface area contributed by atoms with Crippen LogP contribution in [0.3, 0.4) is 0 Å². The van der Waals surface area contributed by atoms with Crippen molar-refractivity contribution in [2.75, 3.05) is 7.11 Å². The van der Waals surface area contributed by atoms with Gasteiger partial charge >= 0.3 is 12.1 Å². The third-order valence-corrected chi connectivity index (χ3v) is 7.35. The van der Waals surface area contributed by atoms with Crippen molar-refractivity contribution in [3.05, 3.63) is 100 Å². The molecular formula is C33H30ClF5N4O5. The fourth-order valence-electron chi connectivity index (χ4n) is 4.56. The topological polar surface area (TPSA) is 137 Å². The van der Waals surface area contributed by atoms with E-state index < -0.39 is 71.6 Å². The summed E-state index contributed by atoms with van der Waals surface area (Å²) < 4.78 is 75.7. The van der Waals surface area contributed by atoms with Crippen molar-refractivity contribution in [2.24, 2.45) is 5.92 Å². The number of nitriles is 1. The molecule has 0 bridgehead atoms. The Morgan fingerprint density at radius 3 is 2.08 bits per heavy atom. The highest BCUT2D eigenvalue weighted by Gasteiger charge is 2.46. The minimum Gasteiger partial charge on any atom is -0.497 e. The lowest BCUT2D eigenvalue weighted by molar-refractivity contribution is -0.175. The van der Waals surface area contributed by atoms with Gasteiger partial charge in [0.2, 0.25) is 11.8 Å². The van der Waals surface area contributed by atoms with Crippen molar-refractivity contribution in [3.8, 4) is 11.8 Å². The molecule has 0 spiro atoms. The van der Waals surface area contributed by atoms with Crippen molar-refractivity contribution >= 4 is 35.1 Å². The van der Waals surface area contributed by atoms with E-state index in [1.165, 1.54) is 81.6 Å². The Labute approximate surface area is 277 Å². The van der Waals surface area contributed by atoms with Crippen LogP contribution >= 0.6 is 11.6 Å². The quantitative estimate of drug-likeness (QED) is 0.212. The number of hydrogen-bond acceptors (Lipinski definition) is 6. The van der Waals surface area contributed by atoms with Crippen LogP contribution in [0.5, 0.6) is 5.75 Å². The van der Waals surface area contributed by atoms with Crippen LogP contribution in [0.4, 0.5) is 22.0 Å². The minimum atomic E-state index is -5.29. The van der Waals surface area contributed by atoms with E-state index >= 15 is 8.78 Å². The number of Topliss-reactive ketones (excluding diaryl/α,β-unsaturated/α-hetero) is 1. The fourth-order valence-corrected chi connectivity index (χ4v) is 4.75. The number of ether oxygens (including phenoxy) is 1. The number of methoxy groups -OCH3 is 1. The summed E-state index contributed by atoms with van der Waals surface area (Å²) in [4.78, 5) is 52.4. The molecule has 0 heterocycles. The number of carbonyl (C=O) groups excluding carboxylic acids is 4. The SMILES string of the molecule is COc1ccc(C(NC(=O)C(Cc2cccc(C#N)c2)NC(=O)C(F)(F)c2cccc(Cl)c2)C(=O)NC(C(=O)C(F)(F)F)C(C)C)cc1. The first-order chi connectivity index (χ1) is 22.5. The monoisotopic (exact) mass is 692 g/mol. The van der Waals surface area contributed by atoms with Gasteiger partial charge in [0.1, 0.15) is 17.8 Å². The number of rotatable bonds is 13. The van der Waals surface area contributed by atoms with Crippen molar-refractivity contribution in [1.29, 1.82) is 5.26 Å². The van der Waals surface area contributed by atoms with Gasteiger partial charge in [-0.3, -0.25) is 19.2 Å². The lowest BCUT2D eigenvalue weighted by Gasteiger charge is -2.28. The van der Waals surface area contributed by atoms with Crippen LogP contribution in [0.25, 0.3) is 0 Å². The summed E-state index contributed by atoms with van der Waals surface area (Å²) in [6, 6.07) is 11.7. The van der Waals surface area contributed by atoms with E-state index in [4.69, 9.17) is 16.3 Å². The first kappa shape index (κ1) is 37.4. The summed E-state index contributed by atoms with van der Waals surface area (Å²) in [5, 5.41) is 15.6. The smallest absolute Gasteiger partial charge is 0.452 e. The van der Waals surface area contributed by atoms with E-state index in [1.54, 1.807) is 0 Å². The van der Waals surface area contributed by atoms with Crippen LogP contribution in [-0.4, -0.2) is 48.9 Å². The van der Waals surface area contributed by atoms with Crippen molar-refractivity contribution in [3.63, 3.8) is 0 Å². The third kappa shape index (κ3) is 9.51. The standard InChI is InChI=1S/C33H30ClF5N4O5/c1-18(2)26(28(44)33(37,38)39)42-30(46)27(21-10-12-24(48-3)13-11-21)43-29(45)25(15-19-6-4-7-20(14-19)17-40)41-31(47)32(35,36)22-8-5-9-23(34)16-22/h4-14,16,18,25-27H,15H2,1-3H3,(H,41,47)(H,42,46)(H,43,45). The summed E-state index contributed by atoms with van der Waals surface area (Å²) in [5.74, 6) is -11.4. The number of nitrogens with zero attached hydrogens (tertiary/aromatic N) is 1. The zero-order valence-electron chi connectivity index (χ0n) is 25.7. The number of hydrogen-bond donors (Lipinski definition) is 3. The van der Waals surface area contributed by atoms with Crippen LogP contribution < -0.4 is 20.7 Å². The van der Waals surface area contributed by atoms with Crippen LogP contribution in [0.15, 0.2) is 72.8 Å². The molecule has 0 radical (unpaired) electrons. The van der Waals surface area contributed by atoms with Gasteiger partial charge < -0.3 is 20.7 Å². The molecule has 0 aliphatic heterocycles. The third-order valence-electron chi connectivity index (χ3n) is 7.11. The first-order valence-electron chi connectivity index (χ1n) is 14.3. The zero-order valence-corrected chi connectivity index (χ0v) is 26.5. The molecule has 0 aliphatic carbocycles. The lowest BCUT2D eigenvalue weighted by atomic mass is 9.97. The van der Waals surface area contributed by atoms with Gasteiger partial charge in [0.05, 0.1) is 24.8 Å². The molecule has 9 nitrogen and oxygen atoms in total. The van der Waals surface area contributed by atoms with Crippen LogP contribution in [0.2, 0.25) is 5.02 Å². The average molecular weight is 693 g/mol. The molecule has 3 atom stereocenters. The van der Waals surface area contributed by atoms with Crippen molar-refractivity contribution < 1.29 is 45.9 Å². The molecule has 0 fully saturated rings. The molecule has 48 heavy (non-hydrogen) atoms. The largest absolute Gasteiger partial charge is 0.497 e. The lowest BCUT2D eigenvalue weighted by Crippen LogP contribution is -2.56. The van der Waals surface area contributed by atoms with Gasteiger partial charge in [-0.05, 0) is 53.4 Å². The highest BCUT2D eigenvalue weighted by atomic mass is 35.5. The summed E-state index contributed by atoms with van der Waals surface area (Å²) in [6.45, 7) is 2.55. The predicted molar refractivity (Wildman–Crippen MR) is 164 cm³/mol.